The number of alkyl carbamates (subject to hydrolysis) is 2. The van der Waals surface area contributed by atoms with Crippen LogP contribution < -0.4 is 21.7 Å². The molecule has 0 aromatic heterocycles. The van der Waals surface area contributed by atoms with Crippen LogP contribution in [0.15, 0.2) is 243 Å². The molecule has 6 N–H and O–H groups in total. The van der Waals surface area contributed by atoms with E-state index in [9.17, 15) is 43.5 Å². The van der Waals surface area contributed by atoms with E-state index in [4.69, 9.17) is 24.7 Å². The molecular formula is C79H86N4O13V2. The monoisotopic (exact) mass is 1400 g/mol. The van der Waals surface area contributed by atoms with E-state index in [2.05, 4.69) is 16.0 Å². The van der Waals surface area contributed by atoms with Crippen LogP contribution in [-0.4, -0.2) is 101 Å². The van der Waals surface area contributed by atoms with Gasteiger partial charge in [-0.15, -0.1) is 0 Å². The summed E-state index contributed by atoms with van der Waals surface area (Å²) in [7, 11) is 0. The average Bonchev–Trinajstić information content (AvgIpc) is 1.65. The van der Waals surface area contributed by atoms with E-state index >= 15 is 0 Å². The number of nitrogens with one attached hydrogen (secondary N) is 3. The van der Waals surface area contributed by atoms with Crippen LogP contribution >= 0.6 is 0 Å². The van der Waals surface area contributed by atoms with Crippen LogP contribution in [0.5, 0.6) is 0 Å². The zero-order valence-electron chi connectivity index (χ0n) is 54.4. The third-order valence-electron chi connectivity index (χ3n) is 16.4. The second-order valence-electron chi connectivity index (χ2n) is 24.2. The minimum Gasteiger partial charge on any atom is -0.481 e. The maximum absolute atomic E-state index is 14.0. The molecule has 2 radical (unpaired) electrons. The Kier molecular flexibility index (Phi) is 33.0. The largest absolute Gasteiger partial charge is 0.481 e. The molecule has 2 heterocycles. The molecule has 2 fully saturated rings. The fraction of sp³-hybridized carbons (Fsp3) is 0.291. The first kappa shape index (κ1) is 79.7. The number of hydrogen-bond acceptors (Lipinski definition) is 13. The number of nitrogens with two attached hydrogens (primary N) is 1. The number of rotatable bonds is 31. The minimum absolute atomic E-state index is 0. The van der Waals surface area contributed by atoms with E-state index in [0.717, 1.165) is 44.5 Å². The smallest absolute Gasteiger partial charge is 0.408 e. The normalized spacial score (nSPS) is 16.3. The van der Waals surface area contributed by atoms with Gasteiger partial charge in [0.2, 0.25) is 5.91 Å². The van der Waals surface area contributed by atoms with Crippen LogP contribution in [0.1, 0.15) is 78.6 Å². The maximum Gasteiger partial charge on any atom is 0.408 e. The number of ether oxygens (including phenoxy) is 4. The second-order valence-corrected chi connectivity index (χ2v) is 24.2. The summed E-state index contributed by atoms with van der Waals surface area (Å²) in [6.45, 7) is 4.45. The van der Waals surface area contributed by atoms with Crippen LogP contribution in [0, 0.1) is 11.8 Å². The van der Waals surface area contributed by atoms with Crippen molar-refractivity contribution in [2.45, 2.75) is 121 Å². The van der Waals surface area contributed by atoms with E-state index in [1.165, 1.54) is 0 Å². The predicted molar refractivity (Wildman–Crippen MR) is 367 cm³/mol. The number of ketones is 4. The summed E-state index contributed by atoms with van der Waals surface area (Å²) in [6, 6.07) is 71.9. The van der Waals surface area contributed by atoms with E-state index in [0.29, 0.717) is 26.1 Å². The molecule has 19 heteroatoms. The number of amides is 3. The van der Waals surface area contributed by atoms with Crippen molar-refractivity contribution in [2.75, 3.05) is 13.2 Å². The van der Waals surface area contributed by atoms with E-state index in [1.54, 1.807) is 13.8 Å². The Morgan fingerprint density at radius 3 is 0.980 bits per heavy atom. The number of carbonyl (C=O) groups excluding carboxylic acids is 7. The molecule has 0 saturated carbocycles. The van der Waals surface area contributed by atoms with Crippen molar-refractivity contribution in [3.8, 4) is 0 Å². The molecule has 510 valence electrons. The Balaban J connectivity index is 0.000000294. The first-order valence-electron chi connectivity index (χ1n) is 31.8. The van der Waals surface area contributed by atoms with Crippen molar-refractivity contribution in [1.29, 1.82) is 0 Å². The standard InChI is InChI=1S/C39H40N2O6.C27H27NO5.C12H15NO2.CH4.2V/c1-39(27-47-39)36(43)34(24-30-18-10-4-11-19-30)40-37(44)32(22-28-14-6-2-7-15-28)25-35(42)33(23-29-16-8-3-9-17-29)41-38(45)46-26-31-20-12-5-13-21-31;29-25(18-23(26(30)31)16-20-10-4-1-5-11-20)24(17-21-12-6-2-7-13-21)28-27(32)33-19-22-14-8-3-9-15-22;1-12(8-15-12)11(14)10(13)7-9-5-3-2-4-6-9;;;/h2-21,32-34H,22-27H2,1H3,(H,40,44)(H,41,45);1-15,23-24H,16-19H2,(H,28,32)(H,30,31);2-6,10H,7-8,13H2,1H3;1H4;;/t32?,33-,34?,39-;23?,24-;10?,12-;;;/m111.../s1. The van der Waals surface area contributed by atoms with Gasteiger partial charge in [-0.05, 0) is 96.9 Å². The quantitative estimate of drug-likeness (QED) is 0.0253. The number of carboxylic acid groups (broad SMARTS) is 1. The summed E-state index contributed by atoms with van der Waals surface area (Å²) < 4.78 is 21.2. The Labute approximate surface area is 598 Å². The Hall–Kier alpha value is -9.03. The van der Waals surface area contributed by atoms with Crippen molar-refractivity contribution in [1.82, 2.24) is 16.0 Å². The molecule has 8 atom stereocenters. The van der Waals surface area contributed by atoms with Gasteiger partial charge in [0.1, 0.15) is 24.4 Å². The number of carbonyl (C=O) groups is 8. The molecule has 4 unspecified atom stereocenters. The molecule has 0 bridgehead atoms. The average molecular weight is 1400 g/mol. The Bertz CT molecular complexity index is 3750. The molecule has 2 aliphatic rings. The fourth-order valence-corrected chi connectivity index (χ4v) is 10.6. The summed E-state index contributed by atoms with van der Waals surface area (Å²) in [5, 5.41) is 18.0. The molecular weight excluding hydrogens is 1310 g/mol. The van der Waals surface area contributed by atoms with Crippen molar-refractivity contribution in [2.24, 2.45) is 17.6 Å². The molecule has 0 spiro atoms. The van der Waals surface area contributed by atoms with Gasteiger partial charge >= 0.3 is 18.2 Å². The molecule has 17 nitrogen and oxygen atoms in total. The van der Waals surface area contributed by atoms with Crippen molar-refractivity contribution in [3.05, 3.63) is 287 Å². The minimum atomic E-state index is -1.04. The molecule has 8 aromatic carbocycles. The summed E-state index contributed by atoms with van der Waals surface area (Å²) in [5.74, 6) is -4.01. The third kappa shape index (κ3) is 26.8. The van der Waals surface area contributed by atoms with Gasteiger partial charge in [-0.1, -0.05) is 250 Å². The number of epoxide rings is 2. The van der Waals surface area contributed by atoms with Crippen LogP contribution in [-0.2, 0) is 137 Å². The second kappa shape index (κ2) is 40.6. The summed E-state index contributed by atoms with van der Waals surface area (Å²) in [6.07, 6.45) is 0.0649. The van der Waals surface area contributed by atoms with Gasteiger partial charge in [0.15, 0.2) is 23.1 Å². The van der Waals surface area contributed by atoms with Crippen LogP contribution in [0.3, 0.4) is 0 Å². The number of aliphatic carboxylic acids is 1. The van der Waals surface area contributed by atoms with E-state index in [1.807, 2.05) is 243 Å². The van der Waals surface area contributed by atoms with Crippen LogP contribution in [0.25, 0.3) is 0 Å². The topological polar surface area (TPSA) is 262 Å². The zero-order chi connectivity index (χ0) is 67.4. The summed E-state index contributed by atoms with van der Waals surface area (Å²) in [5.41, 5.74) is 11.3. The first-order valence-corrected chi connectivity index (χ1v) is 31.8. The SMILES string of the molecule is C.C[C@]1(C(=O)C(Cc2ccccc2)NC(=O)C(CC(=O)[C@@H](Cc2ccccc2)NC(=O)OCc2ccccc2)Cc2ccccc2)CO1.C[C@]1(C(=O)C(N)Cc2ccccc2)CO1.O=C(N[C@H](Cc1ccccc1)C(=O)CC(Cc1ccccc1)C(=O)O)OCc1ccccc1.[V].[V]. The van der Waals surface area contributed by atoms with E-state index < -0.39 is 71.3 Å². The molecule has 8 aromatic rings. The number of carboxylic acids is 1. The summed E-state index contributed by atoms with van der Waals surface area (Å²) in [4.78, 5) is 104. The number of hydrogen-bond donors (Lipinski definition) is 5. The van der Waals surface area contributed by atoms with Crippen molar-refractivity contribution >= 4 is 47.2 Å². The molecule has 2 aliphatic heterocycles. The molecule has 10 rings (SSSR count). The summed E-state index contributed by atoms with van der Waals surface area (Å²) >= 11 is 0. The molecule has 98 heavy (non-hydrogen) atoms. The van der Waals surface area contributed by atoms with Crippen molar-refractivity contribution in [3.63, 3.8) is 0 Å². The number of Topliss-reactive ketones (excluding diaryl/α,β-unsaturated/α-hetero) is 4. The van der Waals surface area contributed by atoms with Gasteiger partial charge in [-0.2, -0.15) is 0 Å². The molecule has 0 aliphatic carbocycles. The Morgan fingerprint density at radius 1 is 0.398 bits per heavy atom. The van der Waals surface area contributed by atoms with Gasteiger partial charge in [0.05, 0.1) is 43.3 Å². The van der Waals surface area contributed by atoms with Crippen molar-refractivity contribution < 1.29 is 99.5 Å². The predicted octanol–water partition coefficient (Wildman–Crippen LogP) is 11.4. The number of benzene rings is 8. The van der Waals surface area contributed by atoms with Crippen LogP contribution in [0.4, 0.5) is 9.59 Å². The van der Waals surface area contributed by atoms with Gasteiger partial charge < -0.3 is 45.7 Å². The molecule has 3 amide bonds. The Morgan fingerprint density at radius 2 is 0.663 bits per heavy atom. The van der Waals surface area contributed by atoms with Gasteiger partial charge in [0, 0.05) is 55.9 Å². The third-order valence-corrected chi connectivity index (χ3v) is 16.4. The fourth-order valence-electron chi connectivity index (χ4n) is 10.6. The maximum atomic E-state index is 14.0. The van der Waals surface area contributed by atoms with E-state index in [-0.39, 0.29) is 119 Å². The van der Waals surface area contributed by atoms with Crippen LogP contribution in [0.2, 0.25) is 0 Å². The molecule has 2 saturated heterocycles. The van der Waals surface area contributed by atoms with Gasteiger partial charge in [-0.25, -0.2) is 9.59 Å². The zero-order valence-corrected chi connectivity index (χ0v) is 57.2. The first-order chi connectivity index (χ1) is 45.9. The van der Waals surface area contributed by atoms with Gasteiger partial charge in [-0.3, -0.25) is 28.8 Å². The van der Waals surface area contributed by atoms with Gasteiger partial charge in [0.25, 0.3) is 0 Å².